The van der Waals surface area contributed by atoms with Crippen LogP contribution in [0.15, 0.2) is 24.3 Å². The number of hydrogen-bond donors (Lipinski definition) is 2. The second-order valence-electron chi connectivity index (χ2n) is 5.79. The first-order valence-corrected chi connectivity index (χ1v) is 7.31. The van der Waals surface area contributed by atoms with E-state index in [-0.39, 0.29) is 0 Å². The van der Waals surface area contributed by atoms with E-state index in [1.165, 1.54) is 0 Å². The largest absolute Gasteiger partial charge is 0.481 e. The van der Waals surface area contributed by atoms with E-state index in [1.807, 2.05) is 31.2 Å². The van der Waals surface area contributed by atoms with Crippen LogP contribution >= 0.6 is 0 Å². The summed E-state index contributed by atoms with van der Waals surface area (Å²) in [4.78, 5) is 20.6. The fraction of sp³-hybridized carbons (Fsp3) is 0.438. The topological polar surface area (TPSA) is 75.1 Å². The molecule has 21 heavy (non-hydrogen) atoms. The Labute approximate surface area is 123 Å². The van der Waals surface area contributed by atoms with E-state index in [1.54, 1.807) is 0 Å². The van der Waals surface area contributed by atoms with Crippen LogP contribution in [0.1, 0.15) is 31.4 Å². The molecule has 2 N–H and O–H groups in total. The van der Waals surface area contributed by atoms with E-state index in [4.69, 9.17) is 0 Å². The minimum Gasteiger partial charge on any atom is -0.481 e. The first-order chi connectivity index (χ1) is 10.1. The smallest absolute Gasteiger partial charge is 0.311 e. The highest BCUT2D eigenvalue weighted by Crippen LogP contribution is 2.38. The third kappa shape index (κ3) is 2.55. The Bertz CT molecular complexity index is 678. The molecule has 1 aliphatic carbocycles. The molecular formula is C16H19N3O2. The summed E-state index contributed by atoms with van der Waals surface area (Å²) in [6.07, 6.45) is 3.43. The average molecular weight is 285 g/mol. The highest BCUT2D eigenvalue weighted by atomic mass is 16.4. The number of carboxylic acids is 1. The second kappa shape index (κ2) is 5.31. The standard InChI is InChI=1S/C16H19N3O2/c1-11-14(19-13-7-3-2-6-12(13)18-11)17-10-16(15(20)21)8-4-5-9-16/h2-3,6-7H,4-5,8-10H2,1H3,(H,17,19)(H,20,21). The number of carboxylic acid groups (broad SMARTS) is 1. The minimum atomic E-state index is -0.709. The predicted molar refractivity (Wildman–Crippen MR) is 81.3 cm³/mol. The highest BCUT2D eigenvalue weighted by molar-refractivity contribution is 5.77. The van der Waals surface area contributed by atoms with E-state index < -0.39 is 11.4 Å². The molecular weight excluding hydrogens is 266 g/mol. The van der Waals surface area contributed by atoms with Crippen LogP contribution in [0.25, 0.3) is 11.0 Å². The van der Waals surface area contributed by atoms with Crippen molar-refractivity contribution in [2.75, 3.05) is 11.9 Å². The number of benzene rings is 1. The molecule has 1 aromatic heterocycles. The van der Waals surface area contributed by atoms with Gasteiger partial charge in [-0.05, 0) is 31.9 Å². The zero-order valence-corrected chi connectivity index (χ0v) is 12.1. The first-order valence-electron chi connectivity index (χ1n) is 7.31. The van der Waals surface area contributed by atoms with Gasteiger partial charge in [-0.15, -0.1) is 0 Å². The van der Waals surface area contributed by atoms with Gasteiger partial charge in [-0.1, -0.05) is 25.0 Å². The van der Waals surface area contributed by atoms with Crippen molar-refractivity contribution in [3.05, 3.63) is 30.0 Å². The van der Waals surface area contributed by atoms with Crippen LogP contribution in [0.5, 0.6) is 0 Å². The minimum absolute atomic E-state index is 0.413. The number of nitrogens with one attached hydrogen (secondary N) is 1. The van der Waals surface area contributed by atoms with Crippen LogP contribution in [0.2, 0.25) is 0 Å². The molecule has 0 unspecified atom stereocenters. The maximum atomic E-state index is 11.6. The van der Waals surface area contributed by atoms with Gasteiger partial charge in [0.25, 0.3) is 0 Å². The molecule has 2 aromatic rings. The van der Waals surface area contributed by atoms with Crippen LogP contribution in [0.4, 0.5) is 5.82 Å². The Balaban J connectivity index is 1.84. The molecule has 3 rings (SSSR count). The van der Waals surface area contributed by atoms with Crippen LogP contribution in [-0.4, -0.2) is 27.6 Å². The number of para-hydroxylation sites is 2. The van der Waals surface area contributed by atoms with Gasteiger partial charge in [-0.25, -0.2) is 9.97 Å². The zero-order valence-electron chi connectivity index (χ0n) is 12.1. The number of aromatic nitrogens is 2. The van der Waals surface area contributed by atoms with Gasteiger partial charge in [-0.2, -0.15) is 0 Å². The molecule has 5 nitrogen and oxygen atoms in total. The van der Waals surface area contributed by atoms with Gasteiger partial charge < -0.3 is 10.4 Å². The van der Waals surface area contributed by atoms with Crippen LogP contribution in [0, 0.1) is 12.3 Å². The van der Waals surface area contributed by atoms with Crippen LogP contribution in [0.3, 0.4) is 0 Å². The monoisotopic (exact) mass is 285 g/mol. The van der Waals surface area contributed by atoms with Gasteiger partial charge in [0.2, 0.25) is 0 Å². The van der Waals surface area contributed by atoms with Crippen molar-refractivity contribution in [2.24, 2.45) is 5.41 Å². The van der Waals surface area contributed by atoms with Crippen molar-refractivity contribution in [1.82, 2.24) is 9.97 Å². The van der Waals surface area contributed by atoms with Gasteiger partial charge in [0.15, 0.2) is 0 Å². The molecule has 1 fully saturated rings. The summed E-state index contributed by atoms with van der Waals surface area (Å²) < 4.78 is 0. The van der Waals surface area contributed by atoms with Gasteiger partial charge in [0.1, 0.15) is 5.82 Å². The third-order valence-electron chi connectivity index (χ3n) is 4.35. The number of aliphatic carboxylic acids is 1. The number of fused-ring (bicyclic) bond motifs is 1. The lowest BCUT2D eigenvalue weighted by atomic mass is 9.86. The van der Waals surface area contributed by atoms with Gasteiger partial charge >= 0.3 is 5.97 Å². The third-order valence-corrected chi connectivity index (χ3v) is 4.35. The maximum Gasteiger partial charge on any atom is 0.311 e. The first kappa shape index (κ1) is 13.8. The second-order valence-corrected chi connectivity index (χ2v) is 5.79. The summed E-state index contributed by atoms with van der Waals surface area (Å²) in [5, 5.41) is 12.7. The molecule has 0 saturated heterocycles. The van der Waals surface area contributed by atoms with Gasteiger partial charge in [0.05, 0.1) is 22.1 Å². The molecule has 1 aromatic carbocycles. The van der Waals surface area contributed by atoms with Crippen LogP contribution < -0.4 is 5.32 Å². The summed E-state index contributed by atoms with van der Waals surface area (Å²) in [7, 11) is 0. The Kier molecular flexibility index (Phi) is 3.49. The lowest BCUT2D eigenvalue weighted by Crippen LogP contribution is -2.35. The number of aryl methyl sites for hydroxylation is 1. The number of nitrogens with zero attached hydrogens (tertiary/aromatic N) is 2. The van der Waals surface area contributed by atoms with Gasteiger partial charge in [0, 0.05) is 6.54 Å². The van der Waals surface area contributed by atoms with Crippen molar-refractivity contribution in [3.63, 3.8) is 0 Å². The molecule has 0 radical (unpaired) electrons. The summed E-state index contributed by atoms with van der Waals surface area (Å²) in [6, 6.07) is 7.69. The summed E-state index contributed by atoms with van der Waals surface area (Å²) in [5.74, 6) is -0.0277. The fourth-order valence-electron chi connectivity index (χ4n) is 3.03. The maximum absolute atomic E-state index is 11.6. The molecule has 0 amide bonds. The number of anilines is 1. The Morgan fingerprint density at radius 1 is 1.24 bits per heavy atom. The molecule has 1 heterocycles. The van der Waals surface area contributed by atoms with Crippen molar-refractivity contribution < 1.29 is 9.90 Å². The van der Waals surface area contributed by atoms with Crippen molar-refractivity contribution >= 4 is 22.8 Å². The number of rotatable bonds is 4. The molecule has 0 bridgehead atoms. The lowest BCUT2D eigenvalue weighted by Gasteiger charge is -2.24. The summed E-state index contributed by atoms with van der Waals surface area (Å²) >= 11 is 0. The molecule has 0 atom stereocenters. The molecule has 1 aliphatic rings. The molecule has 1 saturated carbocycles. The fourth-order valence-corrected chi connectivity index (χ4v) is 3.03. The highest BCUT2D eigenvalue weighted by Gasteiger charge is 2.41. The van der Waals surface area contributed by atoms with E-state index in [0.717, 1.165) is 42.4 Å². The SMILES string of the molecule is Cc1nc2ccccc2nc1NCC1(C(=O)O)CCCC1. The number of hydrogen-bond acceptors (Lipinski definition) is 4. The summed E-state index contributed by atoms with van der Waals surface area (Å²) in [5.41, 5.74) is 1.82. The lowest BCUT2D eigenvalue weighted by molar-refractivity contribution is -0.147. The van der Waals surface area contributed by atoms with E-state index >= 15 is 0 Å². The van der Waals surface area contributed by atoms with Crippen LogP contribution in [-0.2, 0) is 4.79 Å². The molecule has 5 heteroatoms. The Hall–Kier alpha value is -2.17. The quantitative estimate of drug-likeness (QED) is 0.903. The average Bonchev–Trinajstić information content (AvgIpc) is 2.95. The normalized spacial score (nSPS) is 17.0. The Morgan fingerprint density at radius 3 is 2.48 bits per heavy atom. The zero-order chi connectivity index (χ0) is 14.9. The molecule has 110 valence electrons. The summed E-state index contributed by atoms with van der Waals surface area (Å²) in [6.45, 7) is 2.31. The number of carbonyl (C=O) groups is 1. The molecule has 0 spiro atoms. The van der Waals surface area contributed by atoms with Crippen molar-refractivity contribution in [2.45, 2.75) is 32.6 Å². The van der Waals surface area contributed by atoms with Crippen molar-refractivity contribution in [1.29, 1.82) is 0 Å². The Morgan fingerprint density at radius 2 is 1.86 bits per heavy atom. The van der Waals surface area contributed by atoms with Gasteiger partial charge in [-0.3, -0.25) is 4.79 Å². The van der Waals surface area contributed by atoms with Crippen molar-refractivity contribution in [3.8, 4) is 0 Å². The predicted octanol–water partition coefficient (Wildman–Crippen LogP) is 3.00. The van der Waals surface area contributed by atoms with E-state index in [2.05, 4.69) is 15.3 Å². The molecule has 0 aliphatic heterocycles. The van der Waals surface area contributed by atoms with E-state index in [0.29, 0.717) is 12.4 Å². The van der Waals surface area contributed by atoms with E-state index in [9.17, 15) is 9.90 Å².